The van der Waals surface area contributed by atoms with Gasteiger partial charge in [-0.15, -0.1) is 0 Å². The van der Waals surface area contributed by atoms with Crippen LogP contribution < -0.4 is 10.2 Å². The molecule has 6 rings (SSSR count). The number of aliphatic hydroxyl groups excluding tert-OH is 5. The molecule has 270 valence electrons. The predicted octanol–water partition coefficient (Wildman–Crippen LogP) is 1.34. The van der Waals surface area contributed by atoms with Crippen molar-refractivity contribution in [3.8, 4) is 0 Å². The molecule has 3 aliphatic heterocycles. The highest BCUT2D eigenvalue weighted by Crippen LogP contribution is 2.47. The molecule has 3 aromatic rings. The van der Waals surface area contributed by atoms with E-state index >= 15 is 0 Å². The normalized spacial score (nSPS) is 28.0. The van der Waals surface area contributed by atoms with Gasteiger partial charge in [0.1, 0.15) is 18.3 Å². The lowest BCUT2D eigenvalue weighted by atomic mass is 9.83. The summed E-state index contributed by atoms with van der Waals surface area (Å²) in [6.45, 7) is 1.87. The number of hydrogen-bond acceptors (Lipinski definition) is 10. The molecule has 0 bridgehead atoms. The number of amides is 3. The Bertz CT molecular complexity index is 1840. The standard InChI is InChI=1S/C37H40ClN3O10/c1-20(6-4-11-29(43)40-18-23-9-3-2-8-22(23)15-26(40)19-42)37(50)27-16-24(38)12-13-28(27)41(36(37)49)17-21-7-5-10-25(14-21)39-34(47)33-31(45)30(44)32(46)35(48)51-33/h2-10,12-14,16,20,26,30-33,35,42,44-46,48,50H,11,15,17-19H2,1H3,(H,39,47)/b6-4+/t20-,26+,30+,31+,32-,33+,35-,37+/m1/s1. The van der Waals surface area contributed by atoms with Crippen LogP contribution in [0.2, 0.25) is 5.02 Å². The van der Waals surface area contributed by atoms with Crippen LogP contribution in [0, 0.1) is 5.92 Å². The highest BCUT2D eigenvalue weighted by molar-refractivity contribution is 6.31. The third-order valence-electron chi connectivity index (χ3n) is 9.88. The molecule has 0 radical (unpaired) electrons. The Labute approximate surface area is 299 Å². The van der Waals surface area contributed by atoms with Crippen molar-refractivity contribution in [2.24, 2.45) is 5.92 Å². The molecule has 0 aliphatic carbocycles. The Hall–Kier alpha value is -4.18. The molecule has 7 N–H and O–H groups in total. The van der Waals surface area contributed by atoms with Crippen molar-refractivity contribution in [1.82, 2.24) is 4.90 Å². The minimum absolute atomic E-state index is 0.000660. The molecule has 8 atom stereocenters. The van der Waals surface area contributed by atoms with Crippen LogP contribution in [0.5, 0.6) is 0 Å². The van der Waals surface area contributed by atoms with Gasteiger partial charge < -0.3 is 50.5 Å². The first kappa shape index (κ1) is 36.6. The number of fused-ring (bicyclic) bond motifs is 2. The minimum Gasteiger partial charge on any atom is -0.394 e. The smallest absolute Gasteiger partial charge is 0.264 e. The van der Waals surface area contributed by atoms with Crippen molar-refractivity contribution >= 4 is 40.7 Å². The lowest BCUT2D eigenvalue weighted by Crippen LogP contribution is -2.60. The van der Waals surface area contributed by atoms with Gasteiger partial charge in [-0.2, -0.15) is 0 Å². The molecular formula is C37H40ClN3O10. The Kier molecular flexibility index (Phi) is 10.6. The van der Waals surface area contributed by atoms with Gasteiger partial charge in [-0.1, -0.05) is 67.1 Å². The average Bonchev–Trinajstić information content (AvgIpc) is 3.33. The van der Waals surface area contributed by atoms with Crippen molar-refractivity contribution in [2.75, 3.05) is 16.8 Å². The van der Waals surface area contributed by atoms with Crippen molar-refractivity contribution in [2.45, 2.75) is 75.2 Å². The van der Waals surface area contributed by atoms with Crippen LogP contribution in [0.3, 0.4) is 0 Å². The number of carbonyl (C=O) groups excluding carboxylic acids is 3. The van der Waals surface area contributed by atoms with Crippen molar-refractivity contribution in [3.63, 3.8) is 0 Å². The van der Waals surface area contributed by atoms with E-state index in [4.69, 9.17) is 16.3 Å². The summed E-state index contributed by atoms with van der Waals surface area (Å²) in [5.41, 5.74) is 1.63. The number of aliphatic hydroxyl groups is 6. The quantitative estimate of drug-likeness (QED) is 0.158. The number of rotatable bonds is 9. The maximum absolute atomic E-state index is 14.1. The van der Waals surface area contributed by atoms with E-state index in [1.54, 1.807) is 60.4 Å². The summed E-state index contributed by atoms with van der Waals surface area (Å²) in [7, 11) is 0. The number of halogens is 1. The second-order valence-corrected chi connectivity index (χ2v) is 13.6. The van der Waals surface area contributed by atoms with E-state index in [1.807, 2.05) is 24.3 Å². The number of nitrogens with one attached hydrogen (secondary N) is 1. The molecule has 0 spiro atoms. The Morgan fingerprint density at radius 2 is 1.76 bits per heavy atom. The van der Waals surface area contributed by atoms with Crippen LogP contribution in [0.1, 0.15) is 35.6 Å². The van der Waals surface area contributed by atoms with E-state index in [0.717, 1.165) is 11.1 Å². The summed E-state index contributed by atoms with van der Waals surface area (Å²) in [6, 6.07) is 18.7. The highest BCUT2D eigenvalue weighted by Gasteiger charge is 2.52. The molecular weight excluding hydrogens is 682 g/mol. The van der Waals surface area contributed by atoms with Crippen LogP contribution in [0.15, 0.2) is 78.9 Å². The van der Waals surface area contributed by atoms with Gasteiger partial charge in [0.2, 0.25) is 5.91 Å². The Morgan fingerprint density at radius 3 is 2.51 bits per heavy atom. The van der Waals surface area contributed by atoms with Crippen LogP contribution in [-0.2, 0) is 44.2 Å². The van der Waals surface area contributed by atoms with Crippen molar-refractivity contribution in [3.05, 3.63) is 106 Å². The number of benzene rings is 3. The van der Waals surface area contributed by atoms with Crippen molar-refractivity contribution < 1.29 is 49.8 Å². The van der Waals surface area contributed by atoms with E-state index in [1.165, 1.54) is 11.0 Å². The van der Waals surface area contributed by atoms with Gasteiger partial charge in [-0.3, -0.25) is 14.4 Å². The molecule has 13 nitrogen and oxygen atoms in total. The highest BCUT2D eigenvalue weighted by atomic mass is 35.5. The Morgan fingerprint density at radius 1 is 1.02 bits per heavy atom. The number of carbonyl (C=O) groups is 3. The lowest BCUT2D eigenvalue weighted by Gasteiger charge is -2.37. The molecule has 1 fully saturated rings. The number of ether oxygens (including phenoxy) is 1. The van der Waals surface area contributed by atoms with Crippen LogP contribution in [-0.4, -0.2) is 96.6 Å². The third kappa shape index (κ3) is 7.04. The van der Waals surface area contributed by atoms with E-state index in [2.05, 4.69) is 5.32 Å². The molecule has 3 amide bonds. The minimum atomic E-state index is -2.02. The summed E-state index contributed by atoms with van der Waals surface area (Å²) in [5.74, 6) is -2.48. The fourth-order valence-electron chi connectivity index (χ4n) is 6.97. The SMILES string of the molecule is C[C@H](/C=C/CC(=O)N1Cc2ccccc2C[C@H]1CO)[C@@]1(O)C(=O)N(Cc2cccc(NC(=O)[C@H]3O[C@@H](O)[C@H](O)[C@@H](O)[C@@H]3O)c2)c2ccc(Cl)cc21. The fourth-order valence-corrected chi connectivity index (χ4v) is 7.14. The molecule has 3 heterocycles. The largest absolute Gasteiger partial charge is 0.394 e. The first-order valence-electron chi connectivity index (χ1n) is 16.6. The Balaban J connectivity index is 1.16. The van der Waals surface area contributed by atoms with Crippen LogP contribution in [0.25, 0.3) is 0 Å². The summed E-state index contributed by atoms with van der Waals surface area (Å²) in [4.78, 5) is 43.3. The molecule has 14 heteroatoms. The van der Waals surface area contributed by atoms with Crippen molar-refractivity contribution in [1.29, 1.82) is 0 Å². The zero-order chi connectivity index (χ0) is 36.6. The van der Waals surface area contributed by atoms with Gasteiger partial charge in [0, 0.05) is 35.2 Å². The van der Waals surface area contributed by atoms with Gasteiger partial charge in [0.25, 0.3) is 11.8 Å². The maximum Gasteiger partial charge on any atom is 0.264 e. The first-order chi connectivity index (χ1) is 24.3. The molecule has 3 aliphatic rings. The number of hydrogen-bond donors (Lipinski definition) is 7. The van der Waals surface area contributed by atoms with E-state index in [9.17, 15) is 45.0 Å². The molecule has 51 heavy (non-hydrogen) atoms. The first-order valence-corrected chi connectivity index (χ1v) is 17.0. The second-order valence-electron chi connectivity index (χ2n) is 13.2. The molecule has 0 unspecified atom stereocenters. The van der Waals surface area contributed by atoms with E-state index < -0.39 is 54.0 Å². The fraction of sp³-hybridized carbons (Fsp3) is 0.378. The molecule has 0 aromatic heterocycles. The predicted molar refractivity (Wildman–Crippen MR) is 185 cm³/mol. The number of nitrogens with zero attached hydrogens (tertiary/aromatic N) is 2. The van der Waals surface area contributed by atoms with Gasteiger partial charge in [0.05, 0.1) is 24.9 Å². The molecule has 3 aromatic carbocycles. The number of anilines is 2. The van der Waals surface area contributed by atoms with E-state index in [0.29, 0.717) is 34.8 Å². The van der Waals surface area contributed by atoms with Gasteiger partial charge in [-0.25, -0.2) is 0 Å². The van der Waals surface area contributed by atoms with E-state index in [-0.39, 0.29) is 37.2 Å². The zero-order valence-electron chi connectivity index (χ0n) is 27.7. The van der Waals surface area contributed by atoms with Crippen LogP contribution in [0.4, 0.5) is 11.4 Å². The lowest BCUT2D eigenvalue weighted by molar-refractivity contribution is -0.274. The van der Waals surface area contributed by atoms with Crippen LogP contribution >= 0.6 is 11.6 Å². The molecule has 0 saturated carbocycles. The topological polar surface area (TPSA) is 200 Å². The summed E-state index contributed by atoms with van der Waals surface area (Å²) < 4.78 is 5.01. The summed E-state index contributed by atoms with van der Waals surface area (Å²) in [5, 5.41) is 64.7. The molecule has 1 saturated heterocycles. The zero-order valence-corrected chi connectivity index (χ0v) is 28.4. The summed E-state index contributed by atoms with van der Waals surface area (Å²) in [6.07, 6.45) is -5.17. The monoisotopic (exact) mass is 721 g/mol. The van der Waals surface area contributed by atoms with Gasteiger partial charge in [-0.05, 0) is 53.4 Å². The maximum atomic E-state index is 14.1. The van der Waals surface area contributed by atoms with Gasteiger partial charge >= 0.3 is 0 Å². The third-order valence-corrected chi connectivity index (χ3v) is 10.1. The summed E-state index contributed by atoms with van der Waals surface area (Å²) >= 11 is 6.33. The second kappa shape index (κ2) is 14.8. The average molecular weight is 722 g/mol. The van der Waals surface area contributed by atoms with Gasteiger partial charge in [0.15, 0.2) is 18.0 Å².